The molecule has 2 N–H and O–H groups in total. The number of amides is 3. The summed E-state index contributed by atoms with van der Waals surface area (Å²) in [5.74, 6) is -1.60. The Morgan fingerprint density at radius 2 is 1.65 bits per heavy atom. The molecule has 0 spiro atoms. The van der Waals surface area contributed by atoms with Crippen LogP contribution in [-0.4, -0.2) is 39.0 Å². The summed E-state index contributed by atoms with van der Waals surface area (Å²) in [5, 5.41) is 9.51. The van der Waals surface area contributed by atoms with Crippen molar-refractivity contribution in [3.8, 4) is 0 Å². The van der Waals surface area contributed by atoms with Crippen LogP contribution in [0.3, 0.4) is 0 Å². The van der Waals surface area contributed by atoms with Gasteiger partial charge in [-0.2, -0.15) is 0 Å². The molecule has 202 valence electrons. The second-order valence-corrected chi connectivity index (χ2v) is 9.35. The average molecular weight is 560 g/mol. The van der Waals surface area contributed by atoms with E-state index in [0.29, 0.717) is 22.6 Å². The van der Waals surface area contributed by atoms with E-state index < -0.39 is 23.7 Å². The van der Waals surface area contributed by atoms with Crippen LogP contribution in [0.2, 0.25) is 0 Å². The number of carbonyl (C=O) groups is 3. The molecule has 4 aromatic rings. The van der Waals surface area contributed by atoms with E-state index in [9.17, 15) is 18.8 Å². The zero-order chi connectivity index (χ0) is 28.2. The van der Waals surface area contributed by atoms with Crippen LogP contribution in [0.1, 0.15) is 22.5 Å². The third-order valence-corrected chi connectivity index (χ3v) is 6.75. The molecule has 1 atom stereocenters. The average Bonchev–Trinajstić information content (AvgIpc) is 3.41. The number of thiocarbonyl (C=S) groups is 1. The molecule has 3 aromatic carbocycles. The van der Waals surface area contributed by atoms with Gasteiger partial charge in [0.15, 0.2) is 12.2 Å². The van der Waals surface area contributed by atoms with Gasteiger partial charge in [-0.3, -0.25) is 29.1 Å². The molecule has 0 saturated carbocycles. The van der Waals surface area contributed by atoms with Gasteiger partial charge < -0.3 is 10.2 Å². The minimum atomic E-state index is -0.972. The van der Waals surface area contributed by atoms with Crippen molar-refractivity contribution < 1.29 is 28.0 Å². The van der Waals surface area contributed by atoms with Crippen molar-refractivity contribution in [2.75, 3.05) is 15.5 Å². The van der Waals surface area contributed by atoms with Crippen LogP contribution in [0.25, 0.3) is 0 Å². The van der Waals surface area contributed by atoms with Gasteiger partial charge in [-0.15, -0.1) is 0 Å². The first kappa shape index (κ1) is 26.6. The van der Waals surface area contributed by atoms with Gasteiger partial charge in [-0.05, 0) is 65.4 Å². The van der Waals surface area contributed by atoms with Crippen molar-refractivity contribution in [3.05, 3.63) is 102 Å². The Balaban J connectivity index is 1.42. The number of aromatic nitrogens is 2. The number of nitrogens with one attached hydrogen (secondary N) is 2. The third-order valence-electron chi connectivity index (χ3n) is 6.33. The van der Waals surface area contributed by atoms with Gasteiger partial charge in [0, 0.05) is 11.3 Å². The monoisotopic (exact) mass is 559 g/mol. The summed E-state index contributed by atoms with van der Waals surface area (Å²) in [6, 6.07) is 21.8. The maximum Gasteiger partial charge on any atom is 0.307 e. The van der Waals surface area contributed by atoms with E-state index in [1.807, 2.05) is 6.07 Å². The van der Waals surface area contributed by atoms with E-state index in [1.165, 1.54) is 33.8 Å². The number of aryl methyl sites for hydroxylation is 1. The lowest BCUT2D eigenvalue weighted by atomic mass is 10.1. The highest BCUT2D eigenvalue weighted by Gasteiger charge is 2.46. The van der Waals surface area contributed by atoms with Gasteiger partial charge in [0.1, 0.15) is 18.4 Å². The normalized spacial score (nSPS) is 14.9. The summed E-state index contributed by atoms with van der Waals surface area (Å²) < 4.78 is 20.1. The zero-order valence-corrected chi connectivity index (χ0v) is 22.1. The maximum absolute atomic E-state index is 13.7. The fourth-order valence-electron chi connectivity index (χ4n) is 4.30. The molecule has 0 aliphatic carbocycles. The largest absolute Gasteiger partial charge is 0.326 e. The number of anilines is 3. The predicted octanol–water partition coefficient (Wildman–Crippen LogP) is 3.42. The van der Waals surface area contributed by atoms with Crippen LogP contribution in [0.5, 0.6) is 0 Å². The number of nitrogens with zero attached hydrogens (tertiary/aromatic N) is 4. The molecular formula is C28H24FN6O4S+. The van der Waals surface area contributed by atoms with Crippen molar-refractivity contribution in [2.45, 2.75) is 19.0 Å². The molecule has 40 heavy (non-hydrogen) atoms. The fraction of sp³-hybridized carbons (Fsp3) is 0.143. The van der Waals surface area contributed by atoms with Gasteiger partial charge >= 0.3 is 5.88 Å². The Labute approximate surface area is 234 Å². The number of benzene rings is 3. The number of para-hydroxylation sites is 1. The standard InChI is InChI=1S/C28H23FN6O4S/c1-33-23(26(39-32-33)31-25(37)18-8-4-2-5-9-18)17-34-22(16-24(36)30-20-14-12-19(29)13-15-20)27(38)35(28(34)40)21-10-6-3-7-11-21/h2-15,22H,16-17H2,1H3,(H-,30,31,32,36,37)/p+1. The smallest absolute Gasteiger partial charge is 0.307 e. The summed E-state index contributed by atoms with van der Waals surface area (Å²) in [5.41, 5.74) is 1.79. The second kappa shape index (κ2) is 11.4. The van der Waals surface area contributed by atoms with Crippen LogP contribution in [-0.2, 0) is 23.2 Å². The van der Waals surface area contributed by atoms with Crippen LogP contribution in [0.4, 0.5) is 21.6 Å². The van der Waals surface area contributed by atoms with Gasteiger partial charge in [0.2, 0.25) is 11.2 Å². The first-order valence-electron chi connectivity index (χ1n) is 12.3. The number of carbonyl (C=O) groups excluding carboxylic acids is 3. The third kappa shape index (κ3) is 5.57. The number of rotatable bonds is 8. The Kier molecular flexibility index (Phi) is 7.60. The van der Waals surface area contributed by atoms with E-state index >= 15 is 0 Å². The van der Waals surface area contributed by atoms with Crippen LogP contribution in [0, 0.1) is 5.82 Å². The van der Waals surface area contributed by atoms with Gasteiger partial charge in [0.05, 0.1) is 12.1 Å². The quantitative estimate of drug-likeness (QED) is 0.251. The topological polar surface area (TPSA) is 112 Å². The highest BCUT2D eigenvalue weighted by atomic mass is 32.1. The van der Waals surface area contributed by atoms with Gasteiger partial charge in [-0.1, -0.05) is 36.4 Å². The zero-order valence-electron chi connectivity index (χ0n) is 21.3. The van der Waals surface area contributed by atoms with E-state index in [2.05, 4.69) is 15.9 Å². The molecule has 1 aromatic heterocycles. The molecule has 1 saturated heterocycles. The van der Waals surface area contributed by atoms with Gasteiger partial charge in [0.25, 0.3) is 17.5 Å². The molecule has 1 aliphatic heterocycles. The molecule has 1 fully saturated rings. The molecule has 0 radical (unpaired) electrons. The minimum absolute atomic E-state index is 0.00675. The summed E-state index contributed by atoms with van der Waals surface area (Å²) >= 11 is 5.73. The Hall–Kier alpha value is -4.97. The van der Waals surface area contributed by atoms with E-state index in [4.69, 9.17) is 16.7 Å². The fourth-order valence-corrected chi connectivity index (χ4v) is 4.68. The Morgan fingerprint density at radius 1 is 1.00 bits per heavy atom. The minimum Gasteiger partial charge on any atom is -0.326 e. The number of hydrogen-bond donors (Lipinski definition) is 2. The molecule has 12 heteroatoms. The van der Waals surface area contributed by atoms with E-state index in [0.717, 1.165) is 0 Å². The lowest BCUT2D eigenvalue weighted by Gasteiger charge is -2.22. The maximum atomic E-state index is 13.7. The second-order valence-electron chi connectivity index (χ2n) is 8.99. The highest BCUT2D eigenvalue weighted by molar-refractivity contribution is 7.80. The molecule has 1 unspecified atom stereocenters. The molecule has 5 rings (SSSR count). The SMILES string of the molecule is C[n+]1noc(NC(=O)c2ccccc2)c1CN1C(=S)N(c2ccccc2)C(=O)C1CC(=O)Nc1ccc(F)cc1. The molecule has 0 bridgehead atoms. The summed E-state index contributed by atoms with van der Waals surface area (Å²) in [7, 11) is 1.63. The van der Waals surface area contributed by atoms with Crippen LogP contribution in [0.15, 0.2) is 89.5 Å². The van der Waals surface area contributed by atoms with Crippen LogP contribution >= 0.6 is 12.2 Å². The Morgan fingerprint density at radius 3 is 2.33 bits per heavy atom. The van der Waals surface area contributed by atoms with E-state index in [1.54, 1.807) is 66.5 Å². The van der Waals surface area contributed by atoms with E-state index in [-0.39, 0.29) is 29.9 Å². The number of hydrogen-bond acceptors (Lipinski definition) is 6. The molecule has 2 heterocycles. The van der Waals surface area contributed by atoms with Crippen molar-refractivity contribution in [3.63, 3.8) is 0 Å². The molecule has 3 amide bonds. The summed E-state index contributed by atoms with van der Waals surface area (Å²) in [6.45, 7) is 0.00675. The van der Waals surface area contributed by atoms with Crippen molar-refractivity contribution in [2.24, 2.45) is 7.05 Å². The molecular weight excluding hydrogens is 535 g/mol. The number of halogens is 1. The molecule has 10 nitrogen and oxygen atoms in total. The summed E-state index contributed by atoms with van der Waals surface area (Å²) in [6.07, 6.45) is -0.236. The molecule has 1 aliphatic rings. The highest BCUT2D eigenvalue weighted by Crippen LogP contribution is 2.29. The van der Waals surface area contributed by atoms with Crippen molar-refractivity contribution >= 4 is 52.3 Å². The Bertz CT molecular complexity index is 1560. The van der Waals surface area contributed by atoms with Crippen molar-refractivity contribution in [1.29, 1.82) is 0 Å². The van der Waals surface area contributed by atoms with Crippen molar-refractivity contribution in [1.82, 2.24) is 10.2 Å². The van der Waals surface area contributed by atoms with Gasteiger partial charge in [-0.25, -0.2) is 4.39 Å². The lowest BCUT2D eigenvalue weighted by molar-refractivity contribution is -0.746. The predicted molar refractivity (Wildman–Crippen MR) is 148 cm³/mol. The lowest BCUT2D eigenvalue weighted by Crippen LogP contribution is -2.43. The van der Waals surface area contributed by atoms with Crippen LogP contribution < -0.4 is 20.2 Å². The first-order chi connectivity index (χ1) is 19.3. The summed E-state index contributed by atoms with van der Waals surface area (Å²) in [4.78, 5) is 42.4. The first-order valence-corrected chi connectivity index (χ1v) is 12.7.